The highest BCUT2D eigenvalue weighted by atomic mass is 16.6. The van der Waals surface area contributed by atoms with Crippen molar-refractivity contribution in [2.24, 2.45) is 0 Å². The zero-order valence-corrected chi connectivity index (χ0v) is 10.2. The molecule has 1 aliphatic rings. The molecule has 0 spiro atoms. The summed E-state index contributed by atoms with van der Waals surface area (Å²) >= 11 is 0. The van der Waals surface area contributed by atoms with E-state index < -0.39 is 0 Å². The first-order chi connectivity index (χ1) is 9.33. The molecule has 3 heteroatoms. The van der Waals surface area contributed by atoms with Gasteiger partial charge in [0.15, 0.2) is 0 Å². The number of hydrogen-bond donors (Lipinski definition) is 0. The van der Waals surface area contributed by atoms with Gasteiger partial charge in [-0.1, -0.05) is 42.5 Å². The number of benzene rings is 2. The molecule has 1 aliphatic heterocycles. The molecule has 19 heavy (non-hydrogen) atoms. The van der Waals surface area contributed by atoms with Gasteiger partial charge in [0, 0.05) is 0 Å². The van der Waals surface area contributed by atoms with E-state index in [-0.39, 0.29) is 12.6 Å². The van der Waals surface area contributed by atoms with E-state index in [2.05, 4.69) is 0 Å². The van der Waals surface area contributed by atoms with Crippen molar-refractivity contribution >= 4 is 12.0 Å². The molecular formula is C16H12O3. The molecule has 0 fully saturated rings. The molecule has 94 valence electrons. The molecule has 2 aromatic carbocycles. The topological polar surface area (TPSA) is 35.5 Å². The molecule has 3 rings (SSSR count). The summed E-state index contributed by atoms with van der Waals surface area (Å²) in [5.74, 6) is 0.687. The van der Waals surface area contributed by atoms with Gasteiger partial charge in [0.25, 0.3) is 0 Å². The van der Waals surface area contributed by atoms with Gasteiger partial charge in [-0.3, -0.25) is 0 Å². The Morgan fingerprint density at radius 3 is 2.53 bits per heavy atom. The highest BCUT2D eigenvalue weighted by molar-refractivity contribution is 5.93. The van der Waals surface area contributed by atoms with Crippen LogP contribution in [0.5, 0.6) is 5.75 Å². The Balaban J connectivity index is 1.90. The minimum absolute atomic E-state index is 0.248. The molecule has 0 N–H and O–H groups in total. The Morgan fingerprint density at radius 1 is 0.947 bits per heavy atom. The second-order valence-electron chi connectivity index (χ2n) is 4.20. The van der Waals surface area contributed by atoms with Crippen LogP contribution in [0.25, 0.3) is 6.08 Å². The zero-order valence-electron chi connectivity index (χ0n) is 10.2. The molecule has 1 heterocycles. The second-order valence-corrected chi connectivity index (χ2v) is 4.20. The molecule has 0 amide bonds. The van der Waals surface area contributed by atoms with Gasteiger partial charge in [-0.05, 0) is 23.8 Å². The summed E-state index contributed by atoms with van der Waals surface area (Å²) in [5.41, 5.74) is 1.43. The van der Waals surface area contributed by atoms with Crippen molar-refractivity contribution in [3.05, 3.63) is 71.5 Å². The van der Waals surface area contributed by atoms with E-state index in [1.807, 2.05) is 42.5 Å². The van der Waals surface area contributed by atoms with Crippen LogP contribution in [-0.2, 0) is 4.74 Å². The van der Waals surface area contributed by atoms with Crippen LogP contribution in [0.3, 0.4) is 0 Å². The predicted octanol–water partition coefficient (Wildman–Crippen LogP) is 3.28. The molecule has 0 unspecified atom stereocenters. The Kier molecular flexibility index (Phi) is 3.02. The zero-order chi connectivity index (χ0) is 13.1. The Morgan fingerprint density at radius 2 is 1.68 bits per heavy atom. The fourth-order valence-electron chi connectivity index (χ4n) is 1.92. The lowest BCUT2D eigenvalue weighted by Gasteiger charge is -2.04. The van der Waals surface area contributed by atoms with Crippen LogP contribution >= 0.6 is 0 Å². The molecule has 0 saturated heterocycles. The van der Waals surface area contributed by atoms with E-state index in [1.165, 1.54) is 0 Å². The van der Waals surface area contributed by atoms with E-state index in [0.29, 0.717) is 17.1 Å². The maximum Gasteiger partial charge on any atom is 0.347 e. The largest absolute Gasteiger partial charge is 0.485 e. The van der Waals surface area contributed by atoms with Gasteiger partial charge in [0.1, 0.15) is 23.7 Å². The summed E-state index contributed by atoms with van der Waals surface area (Å²) in [4.78, 5) is 12.0. The number of esters is 1. The first-order valence-corrected chi connectivity index (χ1v) is 6.02. The lowest BCUT2D eigenvalue weighted by Crippen LogP contribution is -2.04. The first kappa shape index (κ1) is 11.5. The average molecular weight is 252 g/mol. The predicted molar refractivity (Wildman–Crippen MR) is 71.8 cm³/mol. The first-order valence-electron chi connectivity index (χ1n) is 6.02. The summed E-state index contributed by atoms with van der Waals surface area (Å²) in [7, 11) is 0. The maximum atomic E-state index is 12.0. The van der Waals surface area contributed by atoms with Crippen LogP contribution in [0.15, 0.2) is 60.4 Å². The summed E-state index contributed by atoms with van der Waals surface area (Å²) in [6.07, 6.45) is 1.81. The van der Waals surface area contributed by atoms with Crippen molar-refractivity contribution in [2.45, 2.75) is 0 Å². The van der Waals surface area contributed by atoms with E-state index in [9.17, 15) is 4.79 Å². The number of fused-ring (bicyclic) bond motifs is 1. The molecule has 0 aliphatic carbocycles. The number of cyclic esters (lactones) is 1. The third-order valence-corrected chi connectivity index (χ3v) is 2.83. The van der Waals surface area contributed by atoms with E-state index >= 15 is 0 Å². The number of para-hydroxylation sites is 1. The Hall–Kier alpha value is -2.55. The number of hydrogen-bond acceptors (Lipinski definition) is 3. The third-order valence-electron chi connectivity index (χ3n) is 2.83. The Labute approximate surface area is 111 Å². The van der Waals surface area contributed by atoms with Gasteiger partial charge in [-0.25, -0.2) is 4.79 Å². The SMILES string of the molecule is O=C1O/C(=C\c2ccccc2)COc2ccccc21. The Bertz CT molecular complexity index is 629. The summed E-state index contributed by atoms with van der Waals surface area (Å²) < 4.78 is 10.9. The number of carbonyl (C=O) groups is 1. The highest BCUT2D eigenvalue weighted by Gasteiger charge is 2.20. The molecule has 0 bridgehead atoms. The summed E-state index contributed by atoms with van der Waals surface area (Å²) in [6, 6.07) is 16.8. The van der Waals surface area contributed by atoms with Crippen molar-refractivity contribution in [3.8, 4) is 5.75 Å². The second kappa shape index (κ2) is 4.98. The lowest BCUT2D eigenvalue weighted by atomic mass is 10.2. The van der Waals surface area contributed by atoms with Crippen molar-refractivity contribution in [1.82, 2.24) is 0 Å². The van der Waals surface area contributed by atoms with Crippen LogP contribution in [0.2, 0.25) is 0 Å². The summed E-state index contributed by atoms with van der Waals surface area (Å²) in [6.45, 7) is 0.248. The van der Waals surface area contributed by atoms with Gasteiger partial charge in [0.2, 0.25) is 0 Å². The van der Waals surface area contributed by atoms with Crippen molar-refractivity contribution in [3.63, 3.8) is 0 Å². The third kappa shape index (κ3) is 2.50. The minimum atomic E-state index is -0.379. The molecule has 0 aromatic heterocycles. The van der Waals surface area contributed by atoms with Crippen molar-refractivity contribution in [2.75, 3.05) is 6.61 Å². The van der Waals surface area contributed by atoms with Crippen molar-refractivity contribution in [1.29, 1.82) is 0 Å². The van der Waals surface area contributed by atoms with Crippen LogP contribution < -0.4 is 4.74 Å². The van der Waals surface area contributed by atoms with E-state index in [0.717, 1.165) is 5.56 Å². The quantitative estimate of drug-likeness (QED) is 0.731. The molecule has 0 saturated carbocycles. The number of carbonyl (C=O) groups excluding carboxylic acids is 1. The fraction of sp³-hybridized carbons (Fsp3) is 0.0625. The van der Waals surface area contributed by atoms with Crippen molar-refractivity contribution < 1.29 is 14.3 Å². The minimum Gasteiger partial charge on any atom is -0.485 e. The van der Waals surface area contributed by atoms with E-state index in [4.69, 9.17) is 9.47 Å². The van der Waals surface area contributed by atoms with Gasteiger partial charge in [-0.15, -0.1) is 0 Å². The van der Waals surface area contributed by atoms with Gasteiger partial charge in [-0.2, -0.15) is 0 Å². The molecule has 3 nitrogen and oxygen atoms in total. The highest BCUT2D eigenvalue weighted by Crippen LogP contribution is 2.24. The molecule has 0 atom stereocenters. The van der Waals surface area contributed by atoms with Gasteiger partial charge >= 0.3 is 5.97 Å². The summed E-state index contributed by atoms with van der Waals surface area (Å²) in [5, 5.41) is 0. The van der Waals surface area contributed by atoms with Crippen LogP contribution in [0, 0.1) is 0 Å². The molecular weight excluding hydrogens is 240 g/mol. The average Bonchev–Trinajstić information content (AvgIpc) is 2.60. The molecule has 2 aromatic rings. The van der Waals surface area contributed by atoms with Gasteiger partial charge in [0.05, 0.1) is 0 Å². The standard InChI is InChI=1S/C16H12O3/c17-16-14-8-4-5-9-15(14)18-11-13(19-16)10-12-6-2-1-3-7-12/h1-10H,11H2/b13-10-. The maximum absolute atomic E-state index is 12.0. The lowest BCUT2D eigenvalue weighted by molar-refractivity contribution is 0.0621. The van der Waals surface area contributed by atoms with Crippen LogP contribution in [-0.4, -0.2) is 12.6 Å². The molecule has 0 radical (unpaired) electrons. The number of ether oxygens (including phenoxy) is 2. The monoisotopic (exact) mass is 252 g/mol. The normalized spacial score (nSPS) is 16.2. The van der Waals surface area contributed by atoms with E-state index in [1.54, 1.807) is 18.2 Å². The van der Waals surface area contributed by atoms with Gasteiger partial charge < -0.3 is 9.47 Å². The smallest absolute Gasteiger partial charge is 0.347 e. The fourth-order valence-corrected chi connectivity index (χ4v) is 1.92. The number of rotatable bonds is 1. The van der Waals surface area contributed by atoms with Crippen LogP contribution in [0.4, 0.5) is 0 Å². The van der Waals surface area contributed by atoms with Crippen LogP contribution in [0.1, 0.15) is 15.9 Å².